The smallest absolute Gasteiger partial charge is 0.331 e. The molecule has 110 valence electrons. The molecule has 2 aromatic rings. The van der Waals surface area contributed by atoms with Gasteiger partial charge in [0.05, 0.1) is 15.5 Å². The Labute approximate surface area is 145 Å². The number of nitrogens with one attached hydrogen (secondary N) is 1. The number of amides is 2. The van der Waals surface area contributed by atoms with E-state index < -0.39 is 0 Å². The van der Waals surface area contributed by atoms with Crippen LogP contribution in [0.5, 0.6) is 5.75 Å². The zero-order valence-corrected chi connectivity index (χ0v) is 14.8. The first-order valence-electron chi connectivity index (χ1n) is 5.96. The van der Waals surface area contributed by atoms with Gasteiger partial charge in [-0.3, -0.25) is 4.31 Å². The summed E-state index contributed by atoms with van der Waals surface area (Å²) in [5.41, 5.74) is 1.53. The van der Waals surface area contributed by atoms with Crippen molar-refractivity contribution in [1.82, 2.24) is 4.31 Å². The Morgan fingerprint density at radius 3 is 2.33 bits per heavy atom. The van der Waals surface area contributed by atoms with E-state index in [9.17, 15) is 9.90 Å². The van der Waals surface area contributed by atoms with E-state index in [1.807, 2.05) is 30.3 Å². The van der Waals surface area contributed by atoms with E-state index >= 15 is 0 Å². The number of carbonyl (C=O) groups is 1. The highest BCUT2D eigenvalue weighted by molar-refractivity contribution is 9.11. The highest BCUT2D eigenvalue weighted by Crippen LogP contribution is 2.35. The fourth-order valence-electron chi connectivity index (χ4n) is 1.65. The van der Waals surface area contributed by atoms with Crippen molar-refractivity contribution >= 4 is 56.4 Å². The van der Waals surface area contributed by atoms with Gasteiger partial charge in [-0.05, 0) is 49.6 Å². The Hall–Kier alpha value is -1.18. The average molecular weight is 432 g/mol. The number of thiol groups is 1. The minimum Gasteiger partial charge on any atom is -0.506 e. The van der Waals surface area contributed by atoms with Crippen LogP contribution >= 0.6 is 44.7 Å². The fourth-order valence-corrected chi connectivity index (χ4v) is 3.05. The molecule has 0 atom stereocenters. The number of hydrogen-bond donors (Lipinski definition) is 3. The number of rotatable bonds is 3. The molecular weight excluding hydrogens is 420 g/mol. The second kappa shape index (κ2) is 7.20. The third-order valence-corrected chi connectivity index (χ3v) is 4.21. The number of urea groups is 1. The van der Waals surface area contributed by atoms with E-state index in [0.29, 0.717) is 21.2 Å². The summed E-state index contributed by atoms with van der Waals surface area (Å²) in [6.45, 7) is 0.385. The molecule has 0 saturated carbocycles. The molecule has 0 radical (unpaired) electrons. The zero-order chi connectivity index (χ0) is 15.4. The molecular formula is C14H12Br2N2O2S. The van der Waals surface area contributed by atoms with Gasteiger partial charge in [0, 0.05) is 5.69 Å². The van der Waals surface area contributed by atoms with Crippen molar-refractivity contribution in [2.45, 2.75) is 6.54 Å². The molecule has 0 aromatic heterocycles. The standard InChI is InChI=1S/C14H12Br2N2O2S/c15-11-6-10(7-12(16)13(11)19)17-14(20)18(21)8-9-4-2-1-3-5-9/h1-7,19,21H,8H2,(H,17,20). The van der Waals surface area contributed by atoms with E-state index in [-0.39, 0.29) is 11.8 Å². The molecule has 0 aliphatic carbocycles. The molecule has 2 N–H and O–H groups in total. The van der Waals surface area contributed by atoms with E-state index in [2.05, 4.69) is 50.0 Å². The molecule has 2 rings (SSSR count). The lowest BCUT2D eigenvalue weighted by Crippen LogP contribution is -2.26. The predicted molar refractivity (Wildman–Crippen MR) is 93.5 cm³/mol. The van der Waals surface area contributed by atoms with Crippen molar-refractivity contribution in [3.63, 3.8) is 0 Å². The molecule has 21 heavy (non-hydrogen) atoms. The largest absolute Gasteiger partial charge is 0.506 e. The highest BCUT2D eigenvalue weighted by Gasteiger charge is 2.12. The molecule has 2 amide bonds. The van der Waals surface area contributed by atoms with Crippen molar-refractivity contribution < 1.29 is 9.90 Å². The molecule has 0 saturated heterocycles. The number of hydrogen-bond acceptors (Lipinski definition) is 3. The SMILES string of the molecule is O=C(Nc1cc(Br)c(O)c(Br)c1)N(S)Cc1ccccc1. The summed E-state index contributed by atoms with van der Waals surface area (Å²) < 4.78 is 2.26. The number of phenols is 1. The number of halogens is 2. The van der Waals surface area contributed by atoms with Gasteiger partial charge >= 0.3 is 6.03 Å². The molecule has 2 aromatic carbocycles. The van der Waals surface area contributed by atoms with Gasteiger partial charge in [0.15, 0.2) is 0 Å². The van der Waals surface area contributed by atoms with Crippen molar-refractivity contribution in [3.05, 3.63) is 57.0 Å². The maximum Gasteiger partial charge on any atom is 0.331 e. The normalized spacial score (nSPS) is 10.2. The van der Waals surface area contributed by atoms with Gasteiger partial charge in [-0.2, -0.15) is 0 Å². The molecule has 0 aliphatic heterocycles. The average Bonchev–Trinajstić information content (AvgIpc) is 2.45. The van der Waals surface area contributed by atoms with Crippen LogP contribution in [0.2, 0.25) is 0 Å². The second-order valence-electron chi connectivity index (χ2n) is 4.26. The minimum absolute atomic E-state index is 0.0833. The number of anilines is 1. The molecule has 4 nitrogen and oxygen atoms in total. The van der Waals surface area contributed by atoms with Crippen LogP contribution in [0.25, 0.3) is 0 Å². The maximum absolute atomic E-state index is 12.1. The molecule has 0 unspecified atom stereocenters. The van der Waals surface area contributed by atoms with Crippen LogP contribution in [0.3, 0.4) is 0 Å². The lowest BCUT2D eigenvalue weighted by molar-refractivity contribution is 0.238. The van der Waals surface area contributed by atoms with Gasteiger partial charge < -0.3 is 10.4 Å². The molecule has 0 aliphatic rings. The first-order chi connectivity index (χ1) is 9.97. The van der Waals surface area contributed by atoms with Crippen LogP contribution in [0.4, 0.5) is 10.5 Å². The lowest BCUT2D eigenvalue weighted by Gasteiger charge is -2.17. The Balaban J connectivity index is 2.04. The Morgan fingerprint density at radius 1 is 1.19 bits per heavy atom. The summed E-state index contributed by atoms with van der Waals surface area (Å²) in [7, 11) is 0. The quantitative estimate of drug-likeness (QED) is 0.483. The summed E-state index contributed by atoms with van der Waals surface area (Å²) in [6, 6.07) is 12.4. The van der Waals surface area contributed by atoms with Crippen molar-refractivity contribution in [1.29, 1.82) is 0 Å². The Kier molecular flexibility index (Phi) is 5.55. The maximum atomic E-state index is 12.1. The van der Waals surface area contributed by atoms with Crippen molar-refractivity contribution in [2.24, 2.45) is 0 Å². The van der Waals surface area contributed by atoms with Crippen LogP contribution < -0.4 is 5.32 Å². The molecule has 7 heteroatoms. The highest BCUT2D eigenvalue weighted by atomic mass is 79.9. The number of carbonyl (C=O) groups excluding carboxylic acids is 1. The number of nitrogens with zero attached hydrogens (tertiary/aromatic N) is 1. The van der Waals surface area contributed by atoms with Gasteiger partial charge in [-0.15, -0.1) is 0 Å². The summed E-state index contributed by atoms with van der Waals surface area (Å²) in [5, 5.41) is 12.3. The van der Waals surface area contributed by atoms with Gasteiger partial charge in [0.1, 0.15) is 5.75 Å². The van der Waals surface area contributed by atoms with Crippen LogP contribution in [0, 0.1) is 0 Å². The fraction of sp³-hybridized carbons (Fsp3) is 0.0714. The Morgan fingerprint density at radius 2 is 1.76 bits per heavy atom. The van der Waals surface area contributed by atoms with E-state index in [1.165, 1.54) is 4.31 Å². The Bertz CT molecular complexity index is 630. The van der Waals surface area contributed by atoms with E-state index in [4.69, 9.17) is 0 Å². The summed E-state index contributed by atoms with van der Waals surface area (Å²) in [6.07, 6.45) is 0. The molecule has 0 heterocycles. The van der Waals surface area contributed by atoms with E-state index in [1.54, 1.807) is 12.1 Å². The molecule has 0 spiro atoms. The summed E-state index contributed by atoms with van der Waals surface area (Å²) in [4.78, 5) is 12.1. The molecule has 0 bridgehead atoms. The van der Waals surface area contributed by atoms with Gasteiger partial charge in [-0.1, -0.05) is 43.1 Å². The first-order valence-corrected chi connectivity index (χ1v) is 7.95. The van der Waals surface area contributed by atoms with Crippen molar-refractivity contribution in [2.75, 3.05) is 5.32 Å². The zero-order valence-electron chi connectivity index (χ0n) is 10.8. The predicted octanol–water partition coefficient (Wildman–Crippen LogP) is 4.80. The third-order valence-electron chi connectivity index (χ3n) is 2.68. The van der Waals surface area contributed by atoms with Crippen molar-refractivity contribution in [3.8, 4) is 5.75 Å². The van der Waals surface area contributed by atoms with E-state index in [0.717, 1.165) is 5.56 Å². The van der Waals surface area contributed by atoms with Crippen LogP contribution in [0.1, 0.15) is 5.56 Å². The second-order valence-corrected chi connectivity index (χ2v) is 6.45. The number of phenolic OH excluding ortho intramolecular Hbond substituents is 1. The number of benzene rings is 2. The lowest BCUT2D eigenvalue weighted by atomic mass is 10.2. The van der Waals surface area contributed by atoms with Gasteiger partial charge in [0.25, 0.3) is 0 Å². The van der Waals surface area contributed by atoms with Gasteiger partial charge in [-0.25, -0.2) is 4.79 Å². The molecule has 0 fully saturated rings. The first kappa shape index (κ1) is 16.2. The third kappa shape index (κ3) is 4.39. The van der Waals surface area contributed by atoms with Crippen LogP contribution in [0.15, 0.2) is 51.4 Å². The summed E-state index contributed by atoms with van der Waals surface area (Å²) in [5.74, 6) is 0.0833. The van der Waals surface area contributed by atoms with Gasteiger partial charge in [0.2, 0.25) is 0 Å². The monoisotopic (exact) mass is 430 g/mol. The van der Waals surface area contributed by atoms with Crippen LogP contribution in [-0.2, 0) is 6.54 Å². The minimum atomic E-state index is -0.355. The summed E-state index contributed by atoms with van der Waals surface area (Å²) >= 11 is 10.6. The van der Waals surface area contributed by atoms with Crippen LogP contribution in [-0.4, -0.2) is 15.4 Å². The topological polar surface area (TPSA) is 52.6 Å². The number of aromatic hydroxyl groups is 1.